The Balaban J connectivity index is 1.54. The van der Waals surface area contributed by atoms with Crippen LogP contribution in [0.2, 0.25) is 0 Å². The first-order chi connectivity index (χ1) is 12.8. The van der Waals surface area contributed by atoms with Gasteiger partial charge in [0.2, 0.25) is 0 Å². The Kier molecular flexibility index (Phi) is 4.98. The van der Waals surface area contributed by atoms with E-state index in [0.29, 0.717) is 29.1 Å². The van der Waals surface area contributed by atoms with Crippen LogP contribution in [0.3, 0.4) is 0 Å². The lowest BCUT2D eigenvalue weighted by molar-refractivity contribution is -0.137. The molecule has 3 saturated carbocycles. The fourth-order valence-corrected chi connectivity index (χ4v) is 8.17. The van der Waals surface area contributed by atoms with E-state index in [1.165, 1.54) is 32.1 Å². The molecule has 0 spiro atoms. The number of fused-ring (bicyclic) bond motifs is 5. The van der Waals surface area contributed by atoms with Crippen LogP contribution in [-0.4, -0.2) is 22.3 Å². The molecule has 0 heterocycles. The first-order valence-corrected chi connectivity index (χ1v) is 11.3. The Labute approximate surface area is 164 Å². The standard InChI is InChI=1S/C24H38O3/c1-15(4-9-22(26)27)19-7-8-20-18-6-5-16-14-17(25)10-12-23(16,2)21(18)11-13-24(19,20)3/h5,15,17-21,25H,4,6-14H2,1-3H3,(H,26,27)/t15-,17+,18+,19-,20+,21-,23+,24-/m1/s1. The van der Waals surface area contributed by atoms with Crippen LogP contribution in [0.15, 0.2) is 11.6 Å². The van der Waals surface area contributed by atoms with Crippen LogP contribution >= 0.6 is 0 Å². The van der Waals surface area contributed by atoms with E-state index in [1.807, 2.05) is 0 Å². The molecule has 4 rings (SSSR count). The van der Waals surface area contributed by atoms with Crippen molar-refractivity contribution >= 4 is 5.97 Å². The van der Waals surface area contributed by atoms with Gasteiger partial charge >= 0.3 is 5.97 Å². The number of aliphatic hydroxyl groups is 1. The van der Waals surface area contributed by atoms with Crippen molar-refractivity contribution in [2.75, 3.05) is 0 Å². The second kappa shape index (κ2) is 6.90. The van der Waals surface area contributed by atoms with E-state index in [-0.39, 0.29) is 6.10 Å². The van der Waals surface area contributed by atoms with Gasteiger partial charge in [-0.15, -0.1) is 0 Å². The number of aliphatic hydroxyl groups excluding tert-OH is 1. The van der Waals surface area contributed by atoms with E-state index in [1.54, 1.807) is 5.57 Å². The molecule has 3 nitrogen and oxygen atoms in total. The minimum Gasteiger partial charge on any atom is -0.481 e. The zero-order valence-electron chi connectivity index (χ0n) is 17.4. The van der Waals surface area contributed by atoms with Crippen LogP contribution < -0.4 is 0 Å². The van der Waals surface area contributed by atoms with E-state index in [4.69, 9.17) is 5.11 Å². The normalized spacial score (nSPS) is 47.4. The molecule has 0 radical (unpaired) electrons. The summed E-state index contributed by atoms with van der Waals surface area (Å²) in [6.07, 6.45) is 13.0. The third kappa shape index (κ3) is 3.09. The Morgan fingerprint density at radius 2 is 1.96 bits per heavy atom. The Morgan fingerprint density at radius 1 is 1.19 bits per heavy atom. The van der Waals surface area contributed by atoms with Crippen LogP contribution in [0.5, 0.6) is 0 Å². The second-order valence-electron chi connectivity index (χ2n) is 10.8. The van der Waals surface area contributed by atoms with Gasteiger partial charge in [0.05, 0.1) is 6.10 Å². The van der Waals surface area contributed by atoms with Crippen LogP contribution in [0.25, 0.3) is 0 Å². The summed E-state index contributed by atoms with van der Waals surface area (Å²) >= 11 is 0. The van der Waals surface area contributed by atoms with Gasteiger partial charge in [-0.05, 0) is 98.2 Å². The molecule has 4 aliphatic rings. The molecule has 8 atom stereocenters. The topological polar surface area (TPSA) is 57.5 Å². The molecule has 0 bridgehead atoms. The number of carbonyl (C=O) groups is 1. The molecule has 27 heavy (non-hydrogen) atoms. The largest absolute Gasteiger partial charge is 0.481 e. The molecule has 3 heteroatoms. The summed E-state index contributed by atoms with van der Waals surface area (Å²) in [4.78, 5) is 11.0. The fraction of sp³-hybridized carbons (Fsp3) is 0.875. The van der Waals surface area contributed by atoms with Crippen LogP contribution in [0.1, 0.15) is 85.0 Å². The highest BCUT2D eigenvalue weighted by Crippen LogP contribution is 2.67. The molecule has 0 saturated heterocycles. The minimum absolute atomic E-state index is 0.124. The van der Waals surface area contributed by atoms with Gasteiger partial charge in [-0.3, -0.25) is 4.79 Å². The van der Waals surface area contributed by atoms with Crippen molar-refractivity contribution < 1.29 is 15.0 Å². The van der Waals surface area contributed by atoms with E-state index in [2.05, 4.69) is 26.8 Å². The Bertz CT molecular complexity index is 625. The molecular weight excluding hydrogens is 336 g/mol. The van der Waals surface area contributed by atoms with Gasteiger partial charge in [-0.1, -0.05) is 32.4 Å². The number of hydrogen-bond acceptors (Lipinski definition) is 2. The fourth-order valence-electron chi connectivity index (χ4n) is 8.17. The van der Waals surface area contributed by atoms with E-state index < -0.39 is 5.97 Å². The third-order valence-electron chi connectivity index (χ3n) is 9.65. The molecule has 152 valence electrons. The van der Waals surface area contributed by atoms with Gasteiger partial charge in [0.1, 0.15) is 0 Å². The third-order valence-corrected chi connectivity index (χ3v) is 9.65. The Hall–Kier alpha value is -0.830. The molecule has 3 fully saturated rings. The van der Waals surface area contributed by atoms with Gasteiger partial charge < -0.3 is 10.2 Å². The Morgan fingerprint density at radius 3 is 2.70 bits per heavy atom. The van der Waals surface area contributed by atoms with Crippen LogP contribution in [-0.2, 0) is 4.79 Å². The maximum absolute atomic E-state index is 11.0. The van der Waals surface area contributed by atoms with Gasteiger partial charge in [-0.2, -0.15) is 0 Å². The summed E-state index contributed by atoms with van der Waals surface area (Å²) in [5.41, 5.74) is 2.27. The summed E-state index contributed by atoms with van der Waals surface area (Å²) in [5.74, 6) is 2.94. The van der Waals surface area contributed by atoms with Crippen molar-refractivity contribution in [3.63, 3.8) is 0 Å². The van der Waals surface area contributed by atoms with Crippen molar-refractivity contribution in [2.24, 2.45) is 40.4 Å². The van der Waals surface area contributed by atoms with E-state index >= 15 is 0 Å². The lowest BCUT2D eigenvalue weighted by Crippen LogP contribution is -2.50. The maximum Gasteiger partial charge on any atom is 0.303 e. The number of allylic oxidation sites excluding steroid dienone is 1. The predicted molar refractivity (Wildman–Crippen MR) is 107 cm³/mol. The molecule has 0 aromatic rings. The minimum atomic E-state index is -0.650. The number of carboxylic acids is 1. The van der Waals surface area contributed by atoms with Gasteiger partial charge in [0.15, 0.2) is 0 Å². The van der Waals surface area contributed by atoms with Crippen LogP contribution in [0.4, 0.5) is 0 Å². The average Bonchev–Trinajstić information content (AvgIpc) is 2.97. The average molecular weight is 375 g/mol. The van der Waals surface area contributed by atoms with Crippen molar-refractivity contribution in [3.8, 4) is 0 Å². The van der Waals surface area contributed by atoms with Crippen molar-refractivity contribution in [2.45, 2.75) is 91.1 Å². The SMILES string of the molecule is C[C@H](CCC(=O)O)[C@H]1CC[C@H]2[C@@H]3CC=C4C[C@@H](O)CC[C@]4(C)[C@@H]3CC[C@]12C. The summed E-state index contributed by atoms with van der Waals surface area (Å²) in [7, 11) is 0. The number of rotatable bonds is 4. The first kappa shape index (κ1) is 19.5. The number of hydrogen-bond donors (Lipinski definition) is 2. The molecular formula is C24H38O3. The maximum atomic E-state index is 11.0. The smallest absolute Gasteiger partial charge is 0.303 e. The lowest BCUT2D eigenvalue weighted by atomic mass is 9.47. The molecule has 0 aromatic heterocycles. The molecule has 4 aliphatic carbocycles. The van der Waals surface area contributed by atoms with Gasteiger partial charge in [-0.25, -0.2) is 0 Å². The summed E-state index contributed by atoms with van der Waals surface area (Å²) in [5, 5.41) is 19.2. The molecule has 0 amide bonds. The molecule has 0 aliphatic heterocycles. The van der Waals surface area contributed by atoms with E-state index in [0.717, 1.165) is 43.4 Å². The van der Waals surface area contributed by atoms with Crippen molar-refractivity contribution in [3.05, 3.63) is 11.6 Å². The summed E-state index contributed by atoms with van der Waals surface area (Å²) in [6, 6.07) is 0. The highest BCUT2D eigenvalue weighted by atomic mass is 16.4. The number of aliphatic carboxylic acids is 1. The van der Waals surface area contributed by atoms with E-state index in [9.17, 15) is 9.90 Å². The zero-order valence-corrected chi connectivity index (χ0v) is 17.4. The lowest BCUT2D eigenvalue weighted by Gasteiger charge is -2.58. The highest BCUT2D eigenvalue weighted by molar-refractivity contribution is 5.66. The monoisotopic (exact) mass is 374 g/mol. The van der Waals surface area contributed by atoms with Gasteiger partial charge in [0, 0.05) is 6.42 Å². The predicted octanol–water partition coefficient (Wildman–Crippen LogP) is 5.43. The molecule has 0 aromatic carbocycles. The number of carboxylic acid groups (broad SMARTS) is 1. The van der Waals surface area contributed by atoms with Crippen molar-refractivity contribution in [1.82, 2.24) is 0 Å². The second-order valence-corrected chi connectivity index (χ2v) is 10.8. The molecule has 0 unspecified atom stereocenters. The summed E-state index contributed by atoms with van der Waals surface area (Å²) in [6.45, 7) is 7.33. The summed E-state index contributed by atoms with van der Waals surface area (Å²) < 4.78 is 0. The highest BCUT2D eigenvalue weighted by Gasteiger charge is 2.59. The van der Waals surface area contributed by atoms with Gasteiger partial charge in [0.25, 0.3) is 0 Å². The van der Waals surface area contributed by atoms with Crippen LogP contribution in [0, 0.1) is 40.4 Å². The molecule has 2 N–H and O–H groups in total. The van der Waals surface area contributed by atoms with Crippen molar-refractivity contribution in [1.29, 1.82) is 0 Å². The quantitative estimate of drug-likeness (QED) is 0.645. The first-order valence-electron chi connectivity index (χ1n) is 11.3. The zero-order chi connectivity index (χ0) is 19.4.